The van der Waals surface area contributed by atoms with Crippen LogP contribution in [0.4, 0.5) is 0 Å². The normalized spacial score (nSPS) is 12.5. The quantitative estimate of drug-likeness (QED) is 0.333. The van der Waals surface area contributed by atoms with Crippen LogP contribution in [-0.4, -0.2) is 4.57 Å². The SMILES string of the molecule is Cn1c2ccccc2c2ccc(Cc3ccc4c(c3)-c3ccccc3C4)cc21. The summed E-state index contributed by atoms with van der Waals surface area (Å²) in [5, 5.41) is 2.67. The van der Waals surface area contributed by atoms with E-state index in [1.54, 1.807) is 0 Å². The topological polar surface area (TPSA) is 4.93 Å². The minimum Gasteiger partial charge on any atom is -0.344 e. The lowest BCUT2D eigenvalue weighted by Gasteiger charge is -2.07. The van der Waals surface area contributed by atoms with Crippen molar-refractivity contribution in [2.45, 2.75) is 12.8 Å². The molecule has 1 aliphatic carbocycles. The molecule has 6 rings (SSSR count). The molecular formula is C27H21N. The Kier molecular flexibility index (Phi) is 3.28. The predicted octanol–water partition coefficient (Wildman–Crippen LogP) is 6.49. The summed E-state index contributed by atoms with van der Waals surface area (Å²) in [7, 11) is 2.17. The number of fused-ring (bicyclic) bond motifs is 6. The summed E-state index contributed by atoms with van der Waals surface area (Å²) < 4.78 is 2.31. The number of hydrogen-bond acceptors (Lipinski definition) is 0. The second kappa shape index (κ2) is 5.84. The van der Waals surface area contributed by atoms with E-state index in [4.69, 9.17) is 0 Å². The van der Waals surface area contributed by atoms with E-state index in [-0.39, 0.29) is 0 Å². The third-order valence-corrected chi connectivity index (χ3v) is 6.25. The van der Waals surface area contributed by atoms with Gasteiger partial charge in [-0.2, -0.15) is 0 Å². The Morgan fingerprint density at radius 2 is 1.36 bits per heavy atom. The molecule has 0 fully saturated rings. The van der Waals surface area contributed by atoms with Crippen molar-refractivity contribution < 1.29 is 0 Å². The van der Waals surface area contributed by atoms with Gasteiger partial charge in [0.05, 0.1) is 0 Å². The summed E-state index contributed by atoms with van der Waals surface area (Å²) >= 11 is 0. The number of nitrogens with zero attached hydrogens (tertiary/aromatic N) is 1. The lowest BCUT2D eigenvalue weighted by molar-refractivity contribution is 1.01. The molecule has 0 bridgehead atoms. The van der Waals surface area contributed by atoms with Gasteiger partial charge in [-0.15, -0.1) is 0 Å². The van der Waals surface area contributed by atoms with Crippen LogP contribution in [0.5, 0.6) is 0 Å². The van der Waals surface area contributed by atoms with E-state index >= 15 is 0 Å². The average molecular weight is 359 g/mol. The summed E-state index contributed by atoms with van der Waals surface area (Å²) in [6.07, 6.45) is 2.03. The molecule has 1 nitrogen and oxygen atoms in total. The molecule has 0 radical (unpaired) electrons. The highest BCUT2D eigenvalue weighted by atomic mass is 14.9. The highest BCUT2D eigenvalue weighted by molar-refractivity contribution is 6.08. The molecule has 0 saturated heterocycles. The van der Waals surface area contributed by atoms with E-state index in [1.165, 1.54) is 55.2 Å². The molecule has 1 heterocycles. The number of para-hydroxylation sites is 1. The van der Waals surface area contributed by atoms with Gasteiger partial charge >= 0.3 is 0 Å². The van der Waals surface area contributed by atoms with Crippen molar-refractivity contribution in [1.82, 2.24) is 4.57 Å². The fraction of sp³-hybridized carbons (Fsp3) is 0.111. The molecule has 0 N–H and O–H groups in total. The molecule has 0 aliphatic heterocycles. The van der Waals surface area contributed by atoms with Gasteiger partial charge in [-0.3, -0.25) is 0 Å². The standard InChI is InChI=1S/C27H21N/c1-28-26-9-5-4-8-23(26)24-13-11-19(16-27(24)28)14-18-10-12-21-17-20-6-2-3-7-22(20)25(21)15-18/h2-13,15-16H,14,17H2,1H3. The maximum atomic E-state index is 2.40. The average Bonchev–Trinajstić information content (AvgIpc) is 3.24. The molecule has 0 saturated carbocycles. The monoisotopic (exact) mass is 359 g/mol. The van der Waals surface area contributed by atoms with E-state index in [2.05, 4.69) is 96.5 Å². The van der Waals surface area contributed by atoms with Crippen molar-refractivity contribution in [3.8, 4) is 11.1 Å². The smallest absolute Gasteiger partial charge is 0.0491 e. The lowest BCUT2D eigenvalue weighted by Crippen LogP contribution is -1.92. The summed E-state index contributed by atoms with van der Waals surface area (Å²) in [6, 6.07) is 31.4. The molecule has 1 aromatic heterocycles. The van der Waals surface area contributed by atoms with E-state index in [9.17, 15) is 0 Å². The molecule has 28 heavy (non-hydrogen) atoms. The van der Waals surface area contributed by atoms with Crippen LogP contribution in [0.25, 0.3) is 32.9 Å². The Morgan fingerprint density at radius 1 is 0.643 bits per heavy atom. The van der Waals surface area contributed by atoms with Crippen LogP contribution in [0.3, 0.4) is 0 Å². The van der Waals surface area contributed by atoms with Crippen LogP contribution < -0.4 is 0 Å². The van der Waals surface area contributed by atoms with Gasteiger partial charge in [0, 0.05) is 28.9 Å². The first-order valence-corrected chi connectivity index (χ1v) is 9.94. The maximum Gasteiger partial charge on any atom is 0.0491 e. The van der Waals surface area contributed by atoms with Crippen LogP contribution in [0.15, 0.2) is 84.9 Å². The molecule has 1 aliphatic rings. The van der Waals surface area contributed by atoms with E-state index < -0.39 is 0 Å². The number of benzene rings is 4. The molecule has 0 atom stereocenters. The first-order valence-electron chi connectivity index (χ1n) is 9.94. The molecule has 5 aromatic rings. The van der Waals surface area contributed by atoms with E-state index in [0.717, 1.165) is 12.8 Å². The van der Waals surface area contributed by atoms with Crippen LogP contribution in [-0.2, 0) is 19.9 Å². The second-order valence-electron chi connectivity index (χ2n) is 7.93. The Labute approximate surface area is 164 Å². The number of aryl methyl sites for hydroxylation is 1. The van der Waals surface area contributed by atoms with Crippen molar-refractivity contribution in [3.63, 3.8) is 0 Å². The van der Waals surface area contributed by atoms with Crippen molar-refractivity contribution in [2.75, 3.05) is 0 Å². The Bertz CT molecular complexity index is 1370. The van der Waals surface area contributed by atoms with Gasteiger partial charge in [-0.25, -0.2) is 0 Å². The van der Waals surface area contributed by atoms with Gasteiger partial charge in [0.1, 0.15) is 0 Å². The zero-order valence-electron chi connectivity index (χ0n) is 15.9. The summed E-state index contributed by atoms with van der Waals surface area (Å²) in [5.41, 5.74) is 11.1. The Morgan fingerprint density at radius 3 is 2.32 bits per heavy atom. The molecule has 134 valence electrons. The van der Waals surface area contributed by atoms with Gasteiger partial charge in [0.15, 0.2) is 0 Å². The minimum absolute atomic E-state index is 0.965. The molecule has 0 spiro atoms. The summed E-state index contributed by atoms with van der Waals surface area (Å²) in [6.45, 7) is 0. The second-order valence-corrected chi connectivity index (χ2v) is 7.93. The highest BCUT2D eigenvalue weighted by Crippen LogP contribution is 2.37. The third-order valence-electron chi connectivity index (χ3n) is 6.25. The minimum atomic E-state index is 0.965. The zero-order valence-corrected chi connectivity index (χ0v) is 15.9. The van der Waals surface area contributed by atoms with Crippen LogP contribution in [0.2, 0.25) is 0 Å². The molecule has 1 heteroatoms. The summed E-state index contributed by atoms with van der Waals surface area (Å²) in [4.78, 5) is 0. The van der Waals surface area contributed by atoms with Gasteiger partial charge in [0.25, 0.3) is 0 Å². The first kappa shape index (κ1) is 15.7. The Balaban J connectivity index is 1.42. The number of hydrogen-bond donors (Lipinski definition) is 0. The number of aromatic nitrogens is 1. The fourth-order valence-corrected chi connectivity index (χ4v) is 4.83. The van der Waals surface area contributed by atoms with E-state index in [1.807, 2.05) is 0 Å². The van der Waals surface area contributed by atoms with Gasteiger partial charge in [-0.1, -0.05) is 72.8 Å². The van der Waals surface area contributed by atoms with Crippen LogP contribution >= 0.6 is 0 Å². The molecule has 0 unspecified atom stereocenters. The Hall–Kier alpha value is -3.32. The van der Waals surface area contributed by atoms with Crippen molar-refractivity contribution in [1.29, 1.82) is 0 Å². The highest BCUT2D eigenvalue weighted by Gasteiger charge is 2.18. The number of rotatable bonds is 2. The summed E-state index contributed by atoms with van der Waals surface area (Å²) in [5.74, 6) is 0. The van der Waals surface area contributed by atoms with Gasteiger partial charge in [0.2, 0.25) is 0 Å². The van der Waals surface area contributed by atoms with Crippen LogP contribution in [0.1, 0.15) is 22.3 Å². The van der Waals surface area contributed by atoms with Gasteiger partial charge < -0.3 is 4.57 Å². The first-order chi connectivity index (χ1) is 13.8. The third kappa shape index (κ3) is 2.26. The van der Waals surface area contributed by atoms with Crippen LogP contribution in [0, 0.1) is 0 Å². The molecular weight excluding hydrogens is 338 g/mol. The largest absolute Gasteiger partial charge is 0.344 e. The van der Waals surface area contributed by atoms with Crippen molar-refractivity contribution in [2.24, 2.45) is 7.05 Å². The predicted molar refractivity (Wildman–Crippen MR) is 118 cm³/mol. The molecule has 0 amide bonds. The van der Waals surface area contributed by atoms with E-state index in [0.29, 0.717) is 0 Å². The fourth-order valence-electron chi connectivity index (χ4n) is 4.83. The van der Waals surface area contributed by atoms with Gasteiger partial charge in [-0.05, 0) is 58.4 Å². The maximum absolute atomic E-state index is 2.40. The molecule has 4 aromatic carbocycles. The van der Waals surface area contributed by atoms with Crippen molar-refractivity contribution >= 4 is 21.8 Å². The zero-order chi connectivity index (χ0) is 18.7. The van der Waals surface area contributed by atoms with Crippen molar-refractivity contribution in [3.05, 3.63) is 107 Å². The lowest BCUT2D eigenvalue weighted by atomic mass is 9.98.